The highest BCUT2D eigenvalue weighted by atomic mass is 35.5. The van der Waals surface area contributed by atoms with Crippen LogP contribution in [0.25, 0.3) is 17.3 Å². The van der Waals surface area contributed by atoms with Crippen LogP contribution in [0.15, 0.2) is 42.5 Å². The molecule has 0 radical (unpaired) electrons. The number of hydrazine groups is 1. The van der Waals surface area contributed by atoms with Gasteiger partial charge in [-0.15, -0.1) is 0 Å². The monoisotopic (exact) mass is 492 g/mol. The van der Waals surface area contributed by atoms with E-state index in [0.29, 0.717) is 10.7 Å². The molecule has 1 amide bonds. The van der Waals surface area contributed by atoms with Crippen molar-refractivity contribution in [1.82, 2.24) is 20.2 Å². The van der Waals surface area contributed by atoms with Crippen LogP contribution in [0, 0.1) is 12.7 Å². The van der Waals surface area contributed by atoms with E-state index in [4.69, 9.17) is 16.7 Å². The van der Waals surface area contributed by atoms with Crippen molar-refractivity contribution in [1.29, 1.82) is 0 Å². The van der Waals surface area contributed by atoms with Gasteiger partial charge in [-0.1, -0.05) is 36.2 Å². The van der Waals surface area contributed by atoms with E-state index < -0.39 is 0 Å². The molecule has 0 unspecified atom stereocenters. The molecular formula is C28H30ClFN4O. The Morgan fingerprint density at radius 3 is 2.51 bits per heavy atom. The Morgan fingerprint density at radius 2 is 1.77 bits per heavy atom. The zero-order valence-electron chi connectivity index (χ0n) is 20.0. The van der Waals surface area contributed by atoms with Crippen molar-refractivity contribution in [3.63, 3.8) is 0 Å². The number of hydrogen-bond acceptors (Lipinski definition) is 3. The Kier molecular flexibility index (Phi) is 7.02. The number of halogens is 2. The van der Waals surface area contributed by atoms with Gasteiger partial charge in [-0.2, -0.15) is 5.10 Å². The minimum absolute atomic E-state index is 0.173. The number of carbonyl (C=O) groups excluding carboxylic acids is 1. The van der Waals surface area contributed by atoms with Gasteiger partial charge in [-0.05, 0) is 92.5 Å². The summed E-state index contributed by atoms with van der Waals surface area (Å²) in [6, 6.07) is 12.4. The fraction of sp³-hybridized carbons (Fsp3) is 0.357. The number of amides is 1. The zero-order chi connectivity index (χ0) is 24.4. The Hall–Kier alpha value is -2.96. The average molecular weight is 493 g/mol. The summed E-state index contributed by atoms with van der Waals surface area (Å²) in [4.78, 5) is 13.5. The number of allylic oxidation sites excluding steroid dienone is 1. The van der Waals surface area contributed by atoms with Gasteiger partial charge in [0.05, 0.1) is 16.4 Å². The molecule has 1 N–H and O–H groups in total. The third kappa shape index (κ3) is 5.19. The first-order valence-electron chi connectivity index (χ1n) is 12.4. The molecule has 0 saturated carbocycles. The molecule has 3 aromatic rings. The smallest absolute Gasteiger partial charge is 0.283 e. The predicted molar refractivity (Wildman–Crippen MR) is 138 cm³/mol. The summed E-state index contributed by atoms with van der Waals surface area (Å²) in [5.41, 5.74) is 9.20. The van der Waals surface area contributed by atoms with Crippen molar-refractivity contribution in [2.24, 2.45) is 0 Å². The maximum atomic E-state index is 13.5. The molecule has 0 spiro atoms. The Bertz CT molecular complexity index is 1260. The normalized spacial score (nSPS) is 17.7. The van der Waals surface area contributed by atoms with E-state index in [-0.39, 0.29) is 11.7 Å². The zero-order valence-corrected chi connectivity index (χ0v) is 20.7. The van der Waals surface area contributed by atoms with Crippen molar-refractivity contribution in [3.8, 4) is 5.69 Å². The number of aromatic nitrogens is 2. The van der Waals surface area contributed by atoms with Gasteiger partial charge in [0.2, 0.25) is 0 Å². The number of nitrogens with one attached hydrogen (secondary N) is 1. The molecule has 2 aromatic carbocycles. The van der Waals surface area contributed by atoms with Crippen LogP contribution < -0.4 is 5.43 Å². The third-order valence-corrected chi connectivity index (χ3v) is 7.09. The van der Waals surface area contributed by atoms with E-state index in [1.165, 1.54) is 18.6 Å². The summed E-state index contributed by atoms with van der Waals surface area (Å²) in [5, 5.41) is 7.45. The van der Waals surface area contributed by atoms with Gasteiger partial charge < -0.3 is 0 Å². The van der Waals surface area contributed by atoms with Crippen LogP contribution in [0.4, 0.5) is 4.39 Å². The van der Waals surface area contributed by atoms with E-state index in [0.717, 1.165) is 85.3 Å². The first-order valence-corrected chi connectivity index (χ1v) is 12.8. The first kappa shape index (κ1) is 23.8. The summed E-state index contributed by atoms with van der Waals surface area (Å²) >= 11 is 6.69. The molecule has 1 saturated heterocycles. The molecule has 1 aliphatic heterocycles. The fourth-order valence-corrected chi connectivity index (χ4v) is 5.31. The molecular weight excluding hydrogens is 463 g/mol. The van der Waals surface area contributed by atoms with E-state index in [1.807, 2.05) is 34.8 Å². The van der Waals surface area contributed by atoms with Crippen molar-refractivity contribution in [3.05, 3.63) is 81.4 Å². The summed E-state index contributed by atoms with van der Waals surface area (Å²) in [6.07, 6.45) is 9.00. The number of piperidine rings is 1. The fourth-order valence-electron chi connectivity index (χ4n) is 5.00. The number of fused-ring (bicyclic) bond motifs is 1. The second-order valence-electron chi connectivity index (χ2n) is 9.46. The molecule has 0 bridgehead atoms. The lowest BCUT2D eigenvalue weighted by molar-refractivity contribution is 0.0743. The minimum Gasteiger partial charge on any atom is -0.283 e. The lowest BCUT2D eigenvalue weighted by Crippen LogP contribution is -2.45. The Morgan fingerprint density at radius 1 is 1.03 bits per heavy atom. The van der Waals surface area contributed by atoms with Crippen LogP contribution in [-0.2, 0) is 6.42 Å². The summed E-state index contributed by atoms with van der Waals surface area (Å²) < 4.78 is 15.4. The summed E-state index contributed by atoms with van der Waals surface area (Å²) in [6.45, 7) is 3.71. The molecule has 7 heteroatoms. The average Bonchev–Trinajstić information content (AvgIpc) is 3.10. The molecule has 2 heterocycles. The largest absolute Gasteiger partial charge is 0.286 e. The highest BCUT2D eigenvalue weighted by molar-refractivity contribution is 6.32. The van der Waals surface area contributed by atoms with Crippen LogP contribution in [-0.4, -0.2) is 33.8 Å². The van der Waals surface area contributed by atoms with E-state index in [9.17, 15) is 9.18 Å². The van der Waals surface area contributed by atoms with Gasteiger partial charge >= 0.3 is 0 Å². The van der Waals surface area contributed by atoms with Crippen LogP contribution in [0.3, 0.4) is 0 Å². The van der Waals surface area contributed by atoms with E-state index >= 15 is 0 Å². The van der Waals surface area contributed by atoms with Crippen molar-refractivity contribution >= 4 is 29.2 Å². The number of nitrogens with zero attached hydrogens (tertiary/aromatic N) is 3. The number of rotatable bonds is 4. The molecule has 5 nitrogen and oxygen atoms in total. The highest BCUT2D eigenvalue weighted by Gasteiger charge is 2.29. The lowest BCUT2D eigenvalue weighted by Gasteiger charge is -2.26. The Balaban J connectivity index is 1.64. The maximum absolute atomic E-state index is 13.5. The Labute approximate surface area is 210 Å². The molecule has 35 heavy (non-hydrogen) atoms. The highest BCUT2D eigenvalue weighted by Crippen LogP contribution is 2.36. The van der Waals surface area contributed by atoms with Crippen LogP contribution >= 0.6 is 11.6 Å². The van der Waals surface area contributed by atoms with Crippen molar-refractivity contribution < 1.29 is 9.18 Å². The SMILES string of the molecule is Cc1ccc(-n2nc(C(=O)NN3CCCCC3)c3c2/C(=C/c2ccc(F)cc2)CCCC3)c(Cl)c1. The van der Waals surface area contributed by atoms with Crippen molar-refractivity contribution in [2.45, 2.75) is 51.9 Å². The minimum atomic E-state index is -0.262. The summed E-state index contributed by atoms with van der Waals surface area (Å²) in [7, 11) is 0. The van der Waals surface area contributed by atoms with Gasteiger partial charge in [-0.3, -0.25) is 10.2 Å². The van der Waals surface area contributed by atoms with E-state index in [1.54, 1.807) is 12.1 Å². The van der Waals surface area contributed by atoms with Gasteiger partial charge in [0.1, 0.15) is 5.82 Å². The molecule has 2 aliphatic rings. The standard InChI is InChI=1S/C28H30ClFN4O/c1-19-9-14-25(24(29)17-19)34-27-21(18-20-10-12-22(30)13-11-20)7-3-4-8-23(27)26(31-34)28(35)32-33-15-5-2-6-16-33/h9-14,17-18H,2-8,15-16H2,1H3,(H,32,35)/b21-18+. The number of carbonyl (C=O) groups is 1. The summed E-state index contributed by atoms with van der Waals surface area (Å²) in [5.74, 6) is -0.435. The number of hydrogen-bond donors (Lipinski definition) is 1. The lowest BCUT2D eigenvalue weighted by atomic mass is 10.0. The van der Waals surface area contributed by atoms with Crippen LogP contribution in [0.5, 0.6) is 0 Å². The van der Waals surface area contributed by atoms with Crippen LogP contribution in [0.2, 0.25) is 5.02 Å². The van der Waals surface area contributed by atoms with Crippen LogP contribution in [0.1, 0.15) is 71.4 Å². The van der Waals surface area contributed by atoms with Gasteiger partial charge in [-0.25, -0.2) is 14.1 Å². The molecule has 182 valence electrons. The second kappa shape index (κ2) is 10.3. The van der Waals surface area contributed by atoms with Gasteiger partial charge in [0, 0.05) is 18.7 Å². The van der Waals surface area contributed by atoms with Crippen molar-refractivity contribution in [2.75, 3.05) is 13.1 Å². The molecule has 1 aliphatic carbocycles. The molecule has 5 rings (SSSR count). The first-order chi connectivity index (χ1) is 17.0. The molecule has 1 fully saturated rings. The molecule has 1 aromatic heterocycles. The molecule has 0 atom stereocenters. The van der Waals surface area contributed by atoms with Gasteiger partial charge in [0.25, 0.3) is 5.91 Å². The van der Waals surface area contributed by atoms with E-state index in [2.05, 4.69) is 11.5 Å². The number of aryl methyl sites for hydroxylation is 1. The topological polar surface area (TPSA) is 50.2 Å². The third-order valence-electron chi connectivity index (χ3n) is 6.78. The predicted octanol–water partition coefficient (Wildman–Crippen LogP) is 6.37. The second-order valence-corrected chi connectivity index (χ2v) is 9.87. The van der Waals surface area contributed by atoms with Gasteiger partial charge in [0.15, 0.2) is 5.69 Å². The number of benzene rings is 2. The quantitative estimate of drug-likeness (QED) is 0.430. The maximum Gasteiger partial charge on any atom is 0.286 e.